The number of hydrogen-bond donors (Lipinski definition) is 2. The van der Waals surface area contributed by atoms with E-state index in [1.807, 2.05) is 13.8 Å². The fraction of sp³-hybridized carbons (Fsp3) is 0.381. The molecule has 152 valence electrons. The lowest BCUT2D eigenvalue weighted by molar-refractivity contribution is -0.121. The van der Waals surface area contributed by atoms with Crippen LogP contribution in [0.4, 0.5) is 11.4 Å². The highest BCUT2D eigenvalue weighted by atomic mass is 16.5. The van der Waals surface area contributed by atoms with Crippen LogP contribution in [0.25, 0.3) is 0 Å². The molecule has 0 aromatic heterocycles. The first kappa shape index (κ1) is 21.2. The number of Topliss-reactive ketones (excluding diaryl/α,β-unsaturated/α-hetero) is 1. The maximum Gasteiger partial charge on any atom is 0.147 e. The molecule has 0 bridgehead atoms. The van der Waals surface area contributed by atoms with Gasteiger partial charge in [0.2, 0.25) is 0 Å². The van der Waals surface area contributed by atoms with E-state index in [2.05, 4.69) is 0 Å². The molecule has 7 heteroatoms. The molecule has 0 saturated heterocycles. The van der Waals surface area contributed by atoms with Crippen molar-refractivity contribution < 1.29 is 23.7 Å². The number of carbonyl (C=O) groups is 1. The van der Waals surface area contributed by atoms with E-state index in [1.165, 1.54) is 28.4 Å². The summed E-state index contributed by atoms with van der Waals surface area (Å²) in [7, 11) is 6.13. The molecular formula is C21H28N2O5. The number of anilines is 2. The predicted octanol–water partition coefficient (Wildman–Crippen LogP) is 3.36. The van der Waals surface area contributed by atoms with Crippen LogP contribution in [0.5, 0.6) is 23.0 Å². The van der Waals surface area contributed by atoms with Gasteiger partial charge in [0.15, 0.2) is 0 Å². The lowest BCUT2D eigenvalue weighted by Crippen LogP contribution is -2.19. The number of carbonyl (C=O) groups excluding carboxylic acids is 1. The summed E-state index contributed by atoms with van der Waals surface area (Å²) in [5.41, 5.74) is 14.1. The van der Waals surface area contributed by atoms with E-state index in [4.69, 9.17) is 30.4 Å². The Labute approximate surface area is 165 Å². The van der Waals surface area contributed by atoms with Gasteiger partial charge in [0.25, 0.3) is 0 Å². The second-order valence-corrected chi connectivity index (χ2v) is 6.52. The van der Waals surface area contributed by atoms with Gasteiger partial charge in [-0.15, -0.1) is 0 Å². The molecule has 0 saturated carbocycles. The Morgan fingerprint density at radius 3 is 1.14 bits per heavy atom. The first-order valence-electron chi connectivity index (χ1n) is 8.85. The largest absolute Gasteiger partial charge is 0.496 e. The summed E-state index contributed by atoms with van der Waals surface area (Å²) in [6, 6.07) is 6.71. The van der Waals surface area contributed by atoms with Gasteiger partial charge in [0.05, 0.1) is 28.4 Å². The van der Waals surface area contributed by atoms with Crippen LogP contribution < -0.4 is 30.4 Å². The maximum absolute atomic E-state index is 13.4. The van der Waals surface area contributed by atoms with Crippen molar-refractivity contribution in [3.8, 4) is 23.0 Å². The lowest BCUT2D eigenvalue weighted by Gasteiger charge is -2.24. The van der Waals surface area contributed by atoms with Crippen molar-refractivity contribution in [2.24, 2.45) is 0 Å². The van der Waals surface area contributed by atoms with Gasteiger partial charge in [-0.1, -0.05) is 13.8 Å². The fourth-order valence-corrected chi connectivity index (χ4v) is 3.43. The average molecular weight is 388 g/mol. The van der Waals surface area contributed by atoms with Crippen molar-refractivity contribution in [3.05, 3.63) is 35.4 Å². The van der Waals surface area contributed by atoms with Gasteiger partial charge in [-0.3, -0.25) is 4.79 Å². The van der Waals surface area contributed by atoms with Crippen LogP contribution in [0, 0.1) is 0 Å². The molecule has 2 aromatic carbocycles. The lowest BCUT2D eigenvalue weighted by atomic mass is 9.84. The Bertz CT molecular complexity index is 746. The van der Waals surface area contributed by atoms with Crippen LogP contribution in [-0.4, -0.2) is 34.2 Å². The molecule has 2 unspecified atom stereocenters. The van der Waals surface area contributed by atoms with Crippen LogP contribution in [-0.2, 0) is 4.79 Å². The molecule has 4 N–H and O–H groups in total. The summed E-state index contributed by atoms with van der Waals surface area (Å²) in [5, 5.41) is 0. The first-order valence-corrected chi connectivity index (χ1v) is 8.85. The van der Waals surface area contributed by atoms with Crippen LogP contribution in [0.1, 0.15) is 36.8 Å². The minimum Gasteiger partial charge on any atom is -0.496 e. The summed E-state index contributed by atoms with van der Waals surface area (Å²) >= 11 is 0. The molecule has 0 spiro atoms. The maximum atomic E-state index is 13.4. The Hall–Kier alpha value is -3.09. The highest BCUT2D eigenvalue weighted by Crippen LogP contribution is 2.43. The third kappa shape index (κ3) is 3.93. The smallest absolute Gasteiger partial charge is 0.147 e. The summed E-state index contributed by atoms with van der Waals surface area (Å²) in [6.45, 7) is 3.62. The number of nitrogens with two attached hydrogens (primary N) is 2. The number of hydrogen-bond acceptors (Lipinski definition) is 7. The Balaban J connectivity index is 2.53. The molecule has 28 heavy (non-hydrogen) atoms. The second kappa shape index (κ2) is 8.73. The van der Waals surface area contributed by atoms with Gasteiger partial charge < -0.3 is 30.4 Å². The monoisotopic (exact) mass is 388 g/mol. The number of ketones is 1. The van der Waals surface area contributed by atoms with Crippen molar-refractivity contribution in [2.75, 3.05) is 39.9 Å². The second-order valence-electron chi connectivity index (χ2n) is 6.52. The number of rotatable bonds is 8. The van der Waals surface area contributed by atoms with Crippen LogP contribution in [0.3, 0.4) is 0 Å². The molecule has 7 nitrogen and oxygen atoms in total. The Morgan fingerprint density at radius 1 is 0.679 bits per heavy atom. The van der Waals surface area contributed by atoms with E-state index in [9.17, 15) is 4.79 Å². The van der Waals surface area contributed by atoms with Gasteiger partial charge in [0.1, 0.15) is 28.8 Å². The summed E-state index contributed by atoms with van der Waals surface area (Å²) in [5.74, 6) is 0.909. The predicted molar refractivity (Wildman–Crippen MR) is 110 cm³/mol. The Kier molecular flexibility index (Phi) is 6.62. The van der Waals surface area contributed by atoms with Gasteiger partial charge in [-0.05, 0) is 0 Å². The first-order chi connectivity index (χ1) is 13.3. The zero-order valence-electron chi connectivity index (χ0n) is 17.2. The van der Waals surface area contributed by atoms with Crippen LogP contribution in [0.2, 0.25) is 0 Å². The van der Waals surface area contributed by atoms with Crippen LogP contribution in [0.15, 0.2) is 24.3 Å². The topological polar surface area (TPSA) is 106 Å². The molecule has 2 rings (SSSR count). The molecule has 0 aliphatic heterocycles. The number of ether oxygens (including phenoxy) is 4. The summed E-state index contributed by atoms with van der Waals surface area (Å²) < 4.78 is 21.8. The zero-order chi connectivity index (χ0) is 21.0. The average Bonchev–Trinajstić information content (AvgIpc) is 2.70. The summed E-state index contributed by atoms with van der Waals surface area (Å²) in [6.07, 6.45) is 0. The van der Waals surface area contributed by atoms with Crippen molar-refractivity contribution in [2.45, 2.75) is 25.7 Å². The quantitative estimate of drug-likeness (QED) is 0.668. The van der Waals surface area contributed by atoms with E-state index in [0.717, 1.165) is 0 Å². The Morgan fingerprint density at radius 2 is 0.929 bits per heavy atom. The molecule has 2 atom stereocenters. The van der Waals surface area contributed by atoms with Gasteiger partial charge in [-0.25, -0.2) is 0 Å². The van der Waals surface area contributed by atoms with Gasteiger partial charge in [-0.2, -0.15) is 0 Å². The minimum atomic E-state index is -0.521. The van der Waals surface area contributed by atoms with Crippen molar-refractivity contribution in [1.29, 1.82) is 0 Å². The number of benzene rings is 2. The van der Waals surface area contributed by atoms with Crippen molar-refractivity contribution in [3.63, 3.8) is 0 Å². The molecule has 0 aliphatic rings. The van der Waals surface area contributed by atoms with Crippen LogP contribution >= 0.6 is 0 Å². The third-order valence-electron chi connectivity index (χ3n) is 4.85. The molecular weight excluding hydrogens is 360 g/mol. The number of nitrogen functional groups attached to an aromatic ring is 2. The van der Waals surface area contributed by atoms with Gasteiger partial charge >= 0.3 is 0 Å². The van der Waals surface area contributed by atoms with Crippen molar-refractivity contribution in [1.82, 2.24) is 0 Å². The zero-order valence-corrected chi connectivity index (χ0v) is 17.2. The van der Waals surface area contributed by atoms with Crippen molar-refractivity contribution >= 4 is 17.2 Å². The molecule has 2 aromatic rings. The third-order valence-corrected chi connectivity index (χ3v) is 4.85. The molecule has 0 aliphatic carbocycles. The fourth-order valence-electron chi connectivity index (χ4n) is 3.43. The molecule has 0 fully saturated rings. The summed E-state index contributed by atoms with van der Waals surface area (Å²) in [4.78, 5) is 13.4. The molecule has 0 amide bonds. The van der Waals surface area contributed by atoms with E-state index in [0.29, 0.717) is 45.5 Å². The highest BCUT2D eigenvalue weighted by Gasteiger charge is 2.31. The number of methoxy groups -OCH3 is 4. The van der Waals surface area contributed by atoms with E-state index in [1.54, 1.807) is 24.3 Å². The minimum absolute atomic E-state index is 0.0530. The molecule has 0 radical (unpaired) electrons. The molecule has 0 heterocycles. The SMILES string of the molecule is COc1cc(N)cc(OC)c1C(C)C(=O)C(C)c1c(OC)cc(N)cc1OC. The standard InChI is InChI=1S/C21H28N2O5/c1-11(19-15(25-3)7-13(22)8-16(19)26-4)21(24)12(2)20-17(27-5)9-14(23)10-18(20)28-6/h7-12H,22-23H2,1-6H3. The van der Waals surface area contributed by atoms with Gasteiger partial charge in [0, 0.05) is 58.6 Å². The van der Waals surface area contributed by atoms with E-state index < -0.39 is 11.8 Å². The van der Waals surface area contributed by atoms with E-state index in [-0.39, 0.29) is 5.78 Å². The van der Waals surface area contributed by atoms with E-state index >= 15 is 0 Å². The normalized spacial score (nSPS) is 12.8. The highest BCUT2D eigenvalue weighted by molar-refractivity contribution is 5.94.